The van der Waals surface area contributed by atoms with Crippen LogP contribution in [0.1, 0.15) is 129 Å². The average molecular weight is 659 g/mol. The monoisotopic (exact) mass is 658 g/mol. The predicted molar refractivity (Wildman–Crippen MR) is 180 cm³/mol. The van der Waals surface area contributed by atoms with Gasteiger partial charge in [0.05, 0.1) is 26.4 Å². The molecule has 46 heavy (non-hydrogen) atoms. The van der Waals surface area contributed by atoms with E-state index in [1.165, 1.54) is 57.8 Å². The number of carbonyl (C=O) groups is 4. The van der Waals surface area contributed by atoms with Crippen molar-refractivity contribution in [2.24, 2.45) is 5.73 Å². The Labute approximate surface area is 278 Å². The summed E-state index contributed by atoms with van der Waals surface area (Å²) in [5.41, 5.74) is 5.43. The molecular formula is C34H66N4O8. The minimum Gasteiger partial charge on any atom is -0.480 e. The molecule has 0 aliphatic rings. The molecule has 0 spiro atoms. The molecule has 0 aliphatic carbocycles. The summed E-state index contributed by atoms with van der Waals surface area (Å²) in [7, 11) is 0. The smallest absolute Gasteiger partial charge is 0.320 e. The highest BCUT2D eigenvalue weighted by Crippen LogP contribution is 2.12. The summed E-state index contributed by atoms with van der Waals surface area (Å²) in [5.74, 6) is -1.29. The van der Waals surface area contributed by atoms with Crippen LogP contribution in [0.15, 0.2) is 0 Å². The van der Waals surface area contributed by atoms with Gasteiger partial charge in [-0.05, 0) is 38.5 Å². The Hall–Kier alpha value is -2.28. The van der Waals surface area contributed by atoms with Gasteiger partial charge in [0.1, 0.15) is 6.04 Å². The molecule has 0 bridgehead atoms. The molecule has 0 aromatic carbocycles. The van der Waals surface area contributed by atoms with Crippen LogP contribution < -0.4 is 21.7 Å². The first-order valence-corrected chi connectivity index (χ1v) is 17.9. The number of ether oxygens (including phenoxy) is 3. The number of nitrogens with two attached hydrogens (primary N) is 1. The SMILES string of the molecule is CCCCCCCCCCCCCC(=O)NCCCOCCOCCOCCCNC(=O)CCC(=O)NCCCC[C@H](N)C(=O)O. The summed E-state index contributed by atoms with van der Waals surface area (Å²) >= 11 is 0. The van der Waals surface area contributed by atoms with Gasteiger partial charge in [0, 0.05) is 52.1 Å². The number of carbonyl (C=O) groups excluding carboxylic acids is 3. The summed E-state index contributed by atoms with van der Waals surface area (Å²) in [4.78, 5) is 46.3. The third-order valence-corrected chi connectivity index (χ3v) is 7.49. The first kappa shape index (κ1) is 43.7. The quantitative estimate of drug-likeness (QED) is 0.0624. The van der Waals surface area contributed by atoms with Crippen molar-refractivity contribution >= 4 is 23.7 Å². The van der Waals surface area contributed by atoms with Crippen LogP contribution >= 0.6 is 0 Å². The lowest BCUT2D eigenvalue weighted by atomic mass is 10.1. The summed E-state index contributed by atoms with van der Waals surface area (Å²) in [5, 5.41) is 17.2. The fourth-order valence-electron chi connectivity index (χ4n) is 4.63. The highest BCUT2D eigenvalue weighted by atomic mass is 16.5. The van der Waals surface area contributed by atoms with Gasteiger partial charge in [-0.3, -0.25) is 19.2 Å². The first-order valence-electron chi connectivity index (χ1n) is 17.9. The van der Waals surface area contributed by atoms with Gasteiger partial charge < -0.3 is 41.0 Å². The van der Waals surface area contributed by atoms with Gasteiger partial charge in [-0.1, -0.05) is 71.1 Å². The van der Waals surface area contributed by atoms with E-state index in [0.29, 0.717) is 91.4 Å². The zero-order valence-electron chi connectivity index (χ0n) is 28.8. The number of carboxylic acids is 1. The number of rotatable bonds is 35. The molecule has 270 valence electrons. The van der Waals surface area contributed by atoms with E-state index in [-0.39, 0.29) is 30.6 Å². The van der Waals surface area contributed by atoms with E-state index >= 15 is 0 Å². The molecule has 0 fully saturated rings. The molecule has 0 saturated heterocycles. The van der Waals surface area contributed by atoms with Crippen molar-refractivity contribution in [2.75, 3.05) is 59.3 Å². The number of carboxylic acid groups (broad SMARTS) is 1. The largest absolute Gasteiger partial charge is 0.480 e. The predicted octanol–water partition coefficient (Wildman–Crippen LogP) is 4.23. The van der Waals surface area contributed by atoms with Crippen molar-refractivity contribution in [1.29, 1.82) is 0 Å². The lowest BCUT2D eigenvalue weighted by Crippen LogP contribution is -2.31. The standard InChI is InChI=1S/C34H66N4O8/c1-2-3-4-5-6-7-8-9-10-11-12-18-31(39)37-22-15-24-44-26-28-46-29-27-45-25-16-23-38-33(41)20-19-32(40)36-21-14-13-17-30(35)34(42)43/h30H,2-29,35H2,1H3,(H,36,40)(H,37,39)(H,38,41)(H,42,43)/t30-/m0/s1. The fraction of sp³-hybridized carbons (Fsp3) is 0.882. The van der Waals surface area contributed by atoms with Crippen LogP contribution in [0.5, 0.6) is 0 Å². The number of hydrogen-bond donors (Lipinski definition) is 5. The van der Waals surface area contributed by atoms with Crippen LogP contribution in [-0.4, -0.2) is 94.1 Å². The average Bonchev–Trinajstić information content (AvgIpc) is 3.04. The van der Waals surface area contributed by atoms with Gasteiger partial charge in [0.2, 0.25) is 17.7 Å². The maximum absolute atomic E-state index is 11.9. The minimum atomic E-state index is -1.02. The molecule has 1 atom stereocenters. The molecule has 0 aromatic rings. The zero-order chi connectivity index (χ0) is 33.9. The van der Waals surface area contributed by atoms with Gasteiger partial charge in [-0.25, -0.2) is 0 Å². The molecule has 12 nitrogen and oxygen atoms in total. The lowest BCUT2D eigenvalue weighted by molar-refractivity contribution is -0.138. The maximum Gasteiger partial charge on any atom is 0.320 e. The second-order valence-corrected chi connectivity index (χ2v) is 11.8. The molecule has 3 amide bonds. The highest BCUT2D eigenvalue weighted by molar-refractivity contribution is 5.83. The molecule has 0 unspecified atom stereocenters. The number of amides is 3. The van der Waals surface area contributed by atoms with E-state index in [4.69, 9.17) is 25.1 Å². The molecule has 6 N–H and O–H groups in total. The highest BCUT2D eigenvalue weighted by Gasteiger charge is 2.10. The second kappa shape index (κ2) is 34.1. The van der Waals surface area contributed by atoms with Gasteiger partial charge in [-0.15, -0.1) is 0 Å². The van der Waals surface area contributed by atoms with E-state index < -0.39 is 12.0 Å². The minimum absolute atomic E-state index is 0.105. The molecular weight excluding hydrogens is 592 g/mol. The molecule has 0 aromatic heterocycles. The van der Waals surface area contributed by atoms with Gasteiger partial charge in [0.25, 0.3) is 0 Å². The van der Waals surface area contributed by atoms with Crippen LogP contribution in [0.2, 0.25) is 0 Å². The third kappa shape index (κ3) is 33.1. The first-order chi connectivity index (χ1) is 22.4. The van der Waals surface area contributed by atoms with Crippen molar-refractivity contribution in [3.63, 3.8) is 0 Å². The summed E-state index contributed by atoms with van der Waals surface area (Å²) in [6.45, 7) is 6.78. The summed E-state index contributed by atoms with van der Waals surface area (Å²) < 4.78 is 16.5. The van der Waals surface area contributed by atoms with Crippen LogP contribution in [0.4, 0.5) is 0 Å². The summed E-state index contributed by atoms with van der Waals surface area (Å²) in [6, 6.07) is -0.874. The number of aliphatic carboxylic acids is 1. The third-order valence-electron chi connectivity index (χ3n) is 7.49. The van der Waals surface area contributed by atoms with Crippen LogP contribution in [-0.2, 0) is 33.4 Å². The number of hydrogen-bond acceptors (Lipinski definition) is 8. The molecule has 0 aliphatic heterocycles. The second-order valence-electron chi connectivity index (χ2n) is 11.8. The van der Waals surface area contributed by atoms with Crippen molar-refractivity contribution in [2.45, 2.75) is 135 Å². The van der Waals surface area contributed by atoms with Crippen molar-refractivity contribution in [3.05, 3.63) is 0 Å². The van der Waals surface area contributed by atoms with Crippen molar-refractivity contribution in [3.8, 4) is 0 Å². The Morgan fingerprint density at radius 2 is 0.913 bits per heavy atom. The number of unbranched alkanes of at least 4 members (excludes halogenated alkanes) is 11. The maximum atomic E-state index is 11.9. The molecule has 0 saturated carbocycles. The Bertz CT molecular complexity index is 757. The fourth-order valence-corrected chi connectivity index (χ4v) is 4.63. The van der Waals surface area contributed by atoms with E-state index in [9.17, 15) is 19.2 Å². The Balaban J connectivity index is 3.32. The normalized spacial score (nSPS) is 11.7. The van der Waals surface area contributed by atoms with Gasteiger partial charge in [0.15, 0.2) is 0 Å². The molecule has 0 heterocycles. The molecule has 12 heteroatoms. The van der Waals surface area contributed by atoms with E-state index in [0.717, 1.165) is 19.3 Å². The molecule has 0 radical (unpaired) electrons. The van der Waals surface area contributed by atoms with Gasteiger partial charge in [-0.2, -0.15) is 0 Å². The van der Waals surface area contributed by atoms with Gasteiger partial charge >= 0.3 is 5.97 Å². The summed E-state index contributed by atoms with van der Waals surface area (Å²) in [6.07, 6.45) is 18.0. The Morgan fingerprint density at radius 3 is 1.37 bits per heavy atom. The van der Waals surface area contributed by atoms with E-state index in [1.807, 2.05) is 0 Å². The number of nitrogens with one attached hydrogen (secondary N) is 3. The van der Waals surface area contributed by atoms with Crippen LogP contribution in [0.25, 0.3) is 0 Å². The zero-order valence-corrected chi connectivity index (χ0v) is 28.8. The molecule has 0 rings (SSSR count). The van der Waals surface area contributed by atoms with Crippen molar-refractivity contribution in [1.82, 2.24) is 16.0 Å². The van der Waals surface area contributed by atoms with E-state index in [2.05, 4.69) is 22.9 Å². The van der Waals surface area contributed by atoms with Crippen LogP contribution in [0.3, 0.4) is 0 Å². The topological polar surface area (TPSA) is 178 Å². The van der Waals surface area contributed by atoms with Crippen LogP contribution in [0, 0.1) is 0 Å². The van der Waals surface area contributed by atoms with E-state index in [1.54, 1.807) is 0 Å². The Kier molecular flexibility index (Phi) is 32.4. The lowest BCUT2D eigenvalue weighted by Gasteiger charge is -2.09. The Morgan fingerprint density at radius 1 is 0.522 bits per heavy atom. The van der Waals surface area contributed by atoms with Crippen molar-refractivity contribution < 1.29 is 38.5 Å².